The normalized spacial score (nSPS) is 26.4. The summed E-state index contributed by atoms with van der Waals surface area (Å²) in [6.45, 7) is 5.66. The lowest BCUT2D eigenvalue weighted by Gasteiger charge is -2.38. The second kappa shape index (κ2) is 5.45. The maximum absolute atomic E-state index is 12.8. The zero-order valence-electron chi connectivity index (χ0n) is 12.2. The smallest absolute Gasteiger partial charge is 0.214 e. The molecule has 0 radical (unpaired) electrons. The summed E-state index contributed by atoms with van der Waals surface area (Å²) in [7, 11) is -1.10. The first-order valence-corrected chi connectivity index (χ1v) is 8.52. The zero-order valence-corrected chi connectivity index (χ0v) is 13.0. The molecule has 2 heterocycles. The van der Waals surface area contributed by atoms with Crippen molar-refractivity contribution < 1.29 is 8.95 Å². The van der Waals surface area contributed by atoms with Gasteiger partial charge in [-0.2, -0.15) is 0 Å². The molecule has 0 N–H and O–H groups in total. The summed E-state index contributed by atoms with van der Waals surface area (Å²) in [4.78, 5) is 4.94. The fourth-order valence-corrected chi connectivity index (χ4v) is 4.84. The standard InChI is InChI=1S/C15H22N2O2S/c1-3-19-14-9-13(5-8-16-14)20(18)17-11-15(6-4-7-15)10-12(17)2/h5,8-9,12H,3-4,6-7,10-11H2,1-2H3. The van der Waals surface area contributed by atoms with Gasteiger partial charge in [0.1, 0.15) is 11.0 Å². The summed E-state index contributed by atoms with van der Waals surface area (Å²) in [6, 6.07) is 4.02. The average Bonchev–Trinajstić information content (AvgIpc) is 2.77. The Morgan fingerprint density at radius 3 is 2.95 bits per heavy atom. The largest absolute Gasteiger partial charge is 0.478 e. The Balaban J connectivity index is 1.77. The van der Waals surface area contributed by atoms with Crippen molar-refractivity contribution in [2.45, 2.75) is 50.5 Å². The van der Waals surface area contributed by atoms with Crippen molar-refractivity contribution >= 4 is 11.0 Å². The SMILES string of the molecule is CCOc1cc(S(=O)N2CC3(CCC3)CC2C)ccn1. The molecule has 2 atom stereocenters. The van der Waals surface area contributed by atoms with Crippen molar-refractivity contribution in [2.24, 2.45) is 5.41 Å². The third-order valence-corrected chi connectivity index (χ3v) is 6.11. The molecule has 0 bridgehead atoms. The lowest BCUT2D eigenvalue weighted by atomic mass is 9.68. The summed E-state index contributed by atoms with van der Waals surface area (Å²) in [5.41, 5.74) is 0.449. The molecule has 2 aliphatic rings. The van der Waals surface area contributed by atoms with Gasteiger partial charge in [-0.3, -0.25) is 0 Å². The van der Waals surface area contributed by atoms with Crippen molar-refractivity contribution in [2.75, 3.05) is 13.2 Å². The Labute approximate surface area is 123 Å². The van der Waals surface area contributed by atoms with E-state index >= 15 is 0 Å². The summed E-state index contributed by atoms with van der Waals surface area (Å²) in [6.07, 6.45) is 6.79. The predicted octanol–water partition coefficient (Wildman–Crippen LogP) is 2.77. The van der Waals surface area contributed by atoms with Crippen LogP contribution in [0, 0.1) is 5.41 Å². The van der Waals surface area contributed by atoms with Crippen LogP contribution in [-0.4, -0.2) is 32.7 Å². The van der Waals surface area contributed by atoms with Crippen LogP contribution in [0.25, 0.3) is 0 Å². The van der Waals surface area contributed by atoms with Gasteiger partial charge in [0.15, 0.2) is 0 Å². The number of aromatic nitrogens is 1. The van der Waals surface area contributed by atoms with Crippen LogP contribution in [0.3, 0.4) is 0 Å². The molecule has 3 rings (SSSR count). The number of rotatable bonds is 4. The molecule has 2 unspecified atom stereocenters. The quantitative estimate of drug-likeness (QED) is 0.857. The lowest BCUT2D eigenvalue weighted by Crippen LogP contribution is -2.34. The van der Waals surface area contributed by atoms with Crippen molar-refractivity contribution in [3.63, 3.8) is 0 Å². The molecule has 5 heteroatoms. The van der Waals surface area contributed by atoms with Gasteiger partial charge in [-0.15, -0.1) is 0 Å². The maximum atomic E-state index is 12.8. The Kier molecular flexibility index (Phi) is 3.82. The topological polar surface area (TPSA) is 42.4 Å². The zero-order chi connectivity index (χ0) is 14.2. The van der Waals surface area contributed by atoms with Crippen LogP contribution in [0.15, 0.2) is 23.2 Å². The first kappa shape index (κ1) is 14.0. The lowest BCUT2D eigenvalue weighted by molar-refractivity contribution is 0.153. The molecule has 4 nitrogen and oxygen atoms in total. The van der Waals surface area contributed by atoms with Crippen LogP contribution in [0.4, 0.5) is 0 Å². The number of ether oxygens (including phenoxy) is 1. The molecule has 2 fully saturated rings. The van der Waals surface area contributed by atoms with Crippen LogP contribution in [0.2, 0.25) is 0 Å². The minimum atomic E-state index is -1.10. The van der Waals surface area contributed by atoms with Crippen LogP contribution in [0.1, 0.15) is 39.5 Å². The van der Waals surface area contributed by atoms with Gasteiger partial charge in [0, 0.05) is 24.8 Å². The minimum absolute atomic E-state index is 0.389. The minimum Gasteiger partial charge on any atom is -0.478 e. The van der Waals surface area contributed by atoms with E-state index in [1.807, 2.05) is 13.0 Å². The van der Waals surface area contributed by atoms with E-state index in [9.17, 15) is 4.21 Å². The number of hydrogen-bond acceptors (Lipinski definition) is 3. The molecule has 110 valence electrons. The molecule has 1 aromatic rings. The third-order valence-electron chi connectivity index (χ3n) is 4.54. The van der Waals surface area contributed by atoms with Gasteiger partial charge in [-0.05, 0) is 44.6 Å². The second-order valence-electron chi connectivity index (χ2n) is 5.99. The maximum Gasteiger partial charge on any atom is 0.214 e. The highest BCUT2D eigenvalue weighted by Crippen LogP contribution is 2.50. The van der Waals surface area contributed by atoms with Crippen molar-refractivity contribution in [3.8, 4) is 5.88 Å². The van der Waals surface area contributed by atoms with Gasteiger partial charge in [-0.1, -0.05) is 6.42 Å². The Morgan fingerprint density at radius 2 is 2.35 bits per heavy atom. The van der Waals surface area contributed by atoms with E-state index in [-0.39, 0.29) is 0 Å². The monoisotopic (exact) mass is 294 g/mol. The van der Waals surface area contributed by atoms with Crippen LogP contribution < -0.4 is 4.74 Å². The fraction of sp³-hybridized carbons (Fsp3) is 0.667. The predicted molar refractivity (Wildman–Crippen MR) is 78.9 cm³/mol. The van der Waals surface area contributed by atoms with Gasteiger partial charge in [0.05, 0.1) is 11.5 Å². The number of nitrogens with zero attached hydrogens (tertiary/aromatic N) is 2. The molecule has 1 aromatic heterocycles. The Hall–Kier alpha value is -0.940. The van der Waals surface area contributed by atoms with Crippen LogP contribution in [0.5, 0.6) is 5.88 Å². The van der Waals surface area contributed by atoms with E-state index in [2.05, 4.69) is 16.2 Å². The molecule has 1 aliphatic carbocycles. The van der Waals surface area contributed by atoms with E-state index in [1.54, 1.807) is 12.3 Å². The van der Waals surface area contributed by atoms with E-state index in [0.29, 0.717) is 23.9 Å². The van der Waals surface area contributed by atoms with Crippen LogP contribution in [-0.2, 0) is 11.0 Å². The summed E-state index contributed by atoms with van der Waals surface area (Å²) < 4.78 is 20.3. The molecule has 20 heavy (non-hydrogen) atoms. The van der Waals surface area contributed by atoms with Crippen LogP contribution >= 0.6 is 0 Å². The van der Waals surface area contributed by atoms with E-state index in [0.717, 1.165) is 11.4 Å². The molecular weight excluding hydrogens is 272 g/mol. The van der Waals surface area contributed by atoms with E-state index in [1.165, 1.54) is 25.7 Å². The molecule has 0 amide bonds. The first-order valence-electron chi connectivity index (χ1n) is 7.41. The highest BCUT2D eigenvalue weighted by Gasteiger charge is 2.47. The Bertz CT molecular complexity index is 516. The van der Waals surface area contributed by atoms with Gasteiger partial charge in [0.25, 0.3) is 0 Å². The highest BCUT2D eigenvalue weighted by molar-refractivity contribution is 7.82. The Morgan fingerprint density at radius 1 is 1.55 bits per heavy atom. The molecular formula is C15H22N2O2S. The van der Waals surface area contributed by atoms with Gasteiger partial charge in [0.2, 0.25) is 5.88 Å². The van der Waals surface area contributed by atoms with E-state index in [4.69, 9.17) is 4.74 Å². The summed E-state index contributed by atoms with van der Waals surface area (Å²) >= 11 is 0. The van der Waals surface area contributed by atoms with Crippen molar-refractivity contribution in [3.05, 3.63) is 18.3 Å². The molecule has 1 aliphatic heterocycles. The first-order chi connectivity index (χ1) is 9.63. The third kappa shape index (κ3) is 2.49. The van der Waals surface area contributed by atoms with Crippen molar-refractivity contribution in [1.82, 2.24) is 9.29 Å². The van der Waals surface area contributed by atoms with Gasteiger partial charge >= 0.3 is 0 Å². The van der Waals surface area contributed by atoms with E-state index < -0.39 is 11.0 Å². The summed E-state index contributed by atoms with van der Waals surface area (Å²) in [5, 5.41) is 0. The number of hydrogen-bond donors (Lipinski definition) is 0. The second-order valence-corrected chi connectivity index (χ2v) is 7.43. The summed E-state index contributed by atoms with van der Waals surface area (Å²) in [5.74, 6) is 0.559. The molecule has 0 aromatic carbocycles. The van der Waals surface area contributed by atoms with Gasteiger partial charge in [-0.25, -0.2) is 13.5 Å². The fourth-order valence-electron chi connectivity index (χ4n) is 3.40. The number of pyridine rings is 1. The average molecular weight is 294 g/mol. The van der Waals surface area contributed by atoms with Gasteiger partial charge < -0.3 is 4.74 Å². The molecule has 1 saturated heterocycles. The molecule has 1 saturated carbocycles. The molecule has 1 spiro atoms. The van der Waals surface area contributed by atoms with Crippen molar-refractivity contribution in [1.29, 1.82) is 0 Å². The highest BCUT2D eigenvalue weighted by atomic mass is 32.2.